The summed E-state index contributed by atoms with van der Waals surface area (Å²) in [5.74, 6) is 2.65. The number of aromatic nitrogens is 2. The van der Waals surface area contributed by atoms with E-state index in [0.29, 0.717) is 0 Å². The quantitative estimate of drug-likeness (QED) is 0.925. The molecular weight excluding hydrogens is 294 g/mol. The highest BCUT2D eigenvalue weighted by Gasteiger charge is 2.13. The summed E-state index contributed by atoms with van der Waals surface area (Å²) in [7, 11) is 0. The van der Waals surface area contributed by atoms with Crippen molar-refractivity contribution in [3.8, 4) is 11.5 Å². The molecule has 0 aliphatic heterocycles. The Morgan fingerprint density at radius 2 is 2.17 bits per heavy atom. The van der Waals surface area contributed by atoms with Crippen molar-refractivity contribution in [2.24, 2.45) is 0 Å². The molecule has 96 valence electrons. The fraction of sp³-hybridized carbons (Fsp3) is 0.385. The fourth-order valence-electron chi connectivity index (χ4n) is 1.59. The van der Waals surface area contributed by atoms with E-state index in [-0.39, 0.29) is 5.92 Å². The van der Waals surface area contributed by atoms with E-state index < -0.39 is 0 Å². The van der Waals surface area contributed by atoms with Gasteiger partial charge in [-0.1, -0.05) is 13.8 Å². The highest BCUT2D eigenvalue weighted by molar-refractivity contribution is 9.10. The van der Waals surface area contributed by atoms with Gasteiger partial charge in [-0.3, -0.25) is 0 Å². The predicted octanol–water partition coefficient (Wildman–Crippen LogP) is 4.05. The maximum absolute atomic E-state index is 5.45. The molecule has 0 saturated heterocycles. The molecule has 2 aromatic rings. The summed E-state index contributed by atoms with van der Waals surface area (Å²) in [5, 5.41) is 3.22. The zero-order valence-electron chi connectivity index (χ0n) is 10.7. The molecule has 2 rings (SSSR count). The Morgan fingerprint density at radius 3 is 2.72 bits per heavy atom. The predicted molar refractivity (Wildman–Crippen MR) is 75.7 cm³/mol. The number of nitrogens with one attached hydrogen (secondary N) is 1. The van der Waals surface area contributed by atoms with Gasteiger partial charge in [0, 0.05) is 18.5 Å². The summed E-state index contributed by atoms with van der Waals surface area (Å²) in [6.07, 6.45) is 1.64. The van der Waals surface area contributed by atoms with Crippen molar-refractivity contribution in [2.45, 2.75) is 26.7 Å². The monoisotopic (exact) mass is 309 g/mol. The topological polar surface area (TPSA) is 51.0 Å². The highest BCUT2D eigenvalue weighted by atomic mass is 79.9. The minimum atomic E-state index is 0.274. The van der Waals surface area contributed by atoms with Gasteiger partial charge in [-0.05, 0) is 28.9 Å². The van der Waals surface area contributed by atoms with Crippen molar-refractivity contribution in [1.29, 1.82) is 0 Å². The standard InChI is InChI=1S/C13H16BrN3O/c1-4-15-11-7-10(12-9(14)5-6-18-12)16-13(17-11)8(2)3/h5-8H,4H2,1-3H3,(H,15,16,17). The van der Waals surface area contributed by atoms with Gasteiger partial charge in [0.15, 0.2) is 5.76 Å². The lowest BCUT2D eigenvalue weighted by Crippen LogP contribution is -2.05. The summed E-state index contributed by atoms with van der Waals surface area (Å²) < 4.78 is 6.35. The molecule has 0 unspecified atom stereocenters. The van der Waals surface area contributed by atoms with Gasteiger partial charge in [-0.2, -0.15) is 0 Å². The molecule has 0 bridgehead atoms. The van der Waals surface area contributed by atoms with Crippen molar-refractivity contribution in [3.63, 3.8) is 0 Å². The maximum atomic E-state index is 5.45. The zero-order valence-corrected chi connectivity index (χ0v) is 12.3. The molecule has 0 saturated carbocycles. The summed E-state index contributed by atoms with van der Waals surface area (Å²) >= 11 is 3.45. The molecule has 0 aliphatic carbocycles. The van der Waals surface area contributed by atoms with Crippen LogP contribution in [0.3, 0.4) is 0 Å². The maximum Gasteiger partial charge on any atom is 0.166 e. The SMILES string of the molecule is CCNc1cc(-c2occc2Br)nc(C(C)C)n1. The molecule has 5 heteroatoms. The average Bonchev–Trinajstić information content (AvgIpc) is 2.75. The minimum Gasteiger partial charge on any atom is -0.461 e. The first-order chi connectivity index (χ1) is 8.61. The van der Waals surface area contributed by atoms with E-state index in [2.05, 4.69) is 45.1 Å². The van der Waals surface area contributed by atoms with Crippen LogP contribution in [0.4, 0.5) is 5.82 Å². The van der Waals surface area contributed by atoms with Gasteiger partial charge in [0.1, 0.15) is 17.3 Å². The normalized spacial score (nSPS) is 10.9. The number of hydrogen-bond donors (Lipinski definition) is 1. The van der Waals surface area contributed by atoms with Gasteiger partial charge in [-0.25, -0.2) is 9.97 Å². The molecule has 0 atom stereocenters. The van der Waals surface area contributed by atoms with Crippen LogP contribution >= 0.6 is 15.9 Å². The molecule has 0 amide bonds. The van der Waals surface area contributed by atoms with Crippen LogP contribution in [0.2, 0.25) is 0 Å². The third-order valence-corrected chi connectivity index (χ3v) is 3.09. The Bertz CT molecular complexity index is 537. The van der Waals surface area contributed by atoms with E-state index in [4.69, 9.17) is 4.42 Å². The molecule has 1 N–H and O–H groups in total. The van der Waals surface area contributed by atoms with Crippen molar-refractivity contribution in [2.75, 3.05) is 11.9 Å². The largest absolute Gasteiger partial charge is 0.461 e. The third kappa shape index (κ3) is 2.72. The molecule has 2 aromatic heterocycles. The van der Waals surface area contributed by atoms with Crippen molar-refractivity contribution in [1.82, 2.24) is 9.97 Å². The van der Waals surface area contributed by atoms with Gasteiger partial charge in [0.25, 0.3) is 0 Å². The lowest BCUT2D eigenvalue weighted by Gasteiger charge is -2.10. The van der Waals surface area contributed by atoms with Crippen LogP contribution < -0.4 is 5.32 Å². The molecule has 4 nitrogen and oxygen atoms in total. The van der Waals surface area contributed by atoms with Crippen LogP contribution in [0.25, 0.3) is 11.5 Å². The van der Waals surface area contributed by atoms with Crippen molar-refractivity contribution in [3.05, 3.63) is 28.7 Å². The molecule has 0 aromatic carbocycles. The van der Waals surface area contributed by atoms with Crippen LogP contribution in [0.15, 0.2) is 27.3 Å². The van der Waals surface area contributed by atoms with Crippen LogP contribution in [0, 0.1) is 0 Å². The second kappa shape index (κ2) is 5.52. The lowest BCUT2D eigenvalue weighted by atomic mass is 10.2. The van der Waals surface area contributed by atoms with Crippen molar-refractivity contribution >= 4 is 21.7 Å². The van der Waals surface area contributed by atoms with Gasteiger partial charge in [0.2, 0.25) is 0 Å². The van der Waals surface area contributed by atoms with E-state index in [1.165, 1.54) is 0 Å². The first kappa shape index (κ1) is 13.1. The van der Waals surface area contributed by atoms with Gasteiger partial charge in [-0.15, -0.1) is 0 Å². The lowest BCUT2D eigenvalue weighted by molar-refractivity contribution is 0.577. The Labute approximate surface area is 115 Å². The third-order valence-electron chi connectivity index (χ3n) is 2.47. The second-order valence-electron chi connectivity index (χ2n) is 4.28. The van der Waals surface area contributed by atoms with Crippen LogP contribution in [-0.4, -0.2) is 16.5 Å². The fourth-order valence-corrected chi connectivity index (χ4v) is 1.99. The smallest absolute Gasteiger partial charge is 0.166 e. The Balaban J connectivity index is 2.50. The van der Waals surface area contributed by atoms with E-state index in [1.807, 2.05) is 19.1 Å². The first-order valence-corrected chi connectivity index (χ1v) is 6.77. The number of rotatable bonds is 4. The van der Waals surface area contributed by atoms with Crippen molar-refractivity contribution < 1.29 is 4.42 Å². The minimum absolute atomic E-state index is 0.274. The summed E-state index contributed by atoms with van der Waals surface area (Å²) in [6.45, 7) is 7.02. The molecule has 0 spiro atoms. The average molecular weight is 310 g/mol. The van der Waals surface area contributed by atoms with E-state index in [0.717, 1.165) is 34.1 Å². The number of anilines is 1. The molecule has 0 fully saturated rings. The second-order valence-corrected chi connectivity index (χ2v) is 5.13. The number of nitrogens with zero attached hydrogens (tertiary/aromatic N) is 2. The Hall–Kier alpha value is -1.36. The Kier molecular flexibility index (Phi) is 4.01. The van der Waals surface area contributed by atoms with E-state index in [1.54, 1.807) is 6.26 Å². The van der Waals surface area contributed by atoms with Gasteiger partial charge in [0.05, 0.1) is 10.7 Å². The number of halogens is 1. The molecule has 0 aliphatic rings. The summed E-state index contributed by atoms with van der Waals surface area (Å²) in [5.41, 5.74) is 0.793. The zero-order chi connectivity index (χ0) is 13.1. The van der Waals surface area contributed by atoms with Gasteiger partial charge >= 0.3 is 0 Å². The summed E-state index contributed by atoms with van der Waals surface area (Å²) in [4.78, 5) is 9.03. The summed E-state index contributed by atoms with van der Waals surface area (Å²) in [6, 6.07) is 3.76. The van der Waals surface area contributed by atoms with E-state index in [9.17, 15) is 0 Å². The molecular formula is C13H16BrN3O. The Morgan fingerprint density at radius 1 is 1.39 bits per heavy atom. The first-order valence-electron chi connectivity index (χ1n) is 5.98. The molecule has 0 radical (unpaired) electrons. The van der Waals surface area contributed by atoms with Crippen LogP contribution in [0.5, 0.6) is 0 Å². The highest BCUT2D eigenvalue weighted by Crippen LogP contribution is 2.29. The van der Waals surface area contributed by atoms with Crippen LogP contribution in [0.1, 0.15) is 32.5 Å². The number of hydrogen-bond acceptors (Lipinski definition) is 4. The number of furan rings is 1. The van der Waals surface area contributed by atoms with E-state index >= 15 is 0 Å². The molecule has 18 heavy (non-hydrogen) atoms. The molecule has 2 heterocycles. The van der Waals surface area contributed by atoms with Crippen LogP contribution in [-0.2, 0) is 0 Å². The van der Waals surface area contributed by atoms with Gasteiger partial charge < -0.3 is 9.73 Å².